The molecular formula is C24H22N4O6. The van der Waals surface area contributed by atoms with Crippen LogP contribution in [0.1, 0.15) is 34.0 Å². The number of rotatable bonds is 5. The van der Waals surface area contributed by atoms with E-state index in [2.05, 4.69) is 15.5 Å². The van der Waals surface area contributed by atoms with Gasteiger partial charge < -0.3 is 19.8 Å². The molecular weight excluding hydrogens is 440 g/mol. The maximum Gasteiger partial charge on any atom is 0.412 e. The minimum Gasteiger partial charge on any atom is -0.480 e. The molecule has 34 heavy (non-hydrogen) atoms. The number of β-amino-alcohol motifs (C(OH)–C–C–N with tert-alkyl or cyclic N) is 1. The fourth-order valence-corrected chi connectivity index (χ4v) is 4.66. The average Bonchev–Trinajstić information content (AvgIpc) is 3.53. The van der Waals surface area contributed by atoms with Crippen molar-refractivity contribution < 1.29 is 29.3 Å². The number of nitrogens with zero attached hydrogens (tertiary/aromatic N) is 2. The van der Waals surface area contributed by atoms with Gasteiger partial charge in [-0.1, -0.05) is 48.5 Å². The van der Waals surface area contributed by atoms with Gasteiger partial charge in [0.05, 0.1) is 6.10 Å². The smallest absolute Gasteiger partial charge is 0.412 e. The molecule has 1 saturated heterocycles. The van der Waals surface area contributed by atoms with E-state index in [9.17, 15) is 24.6 Å². The third-order valence-electron chi connectivity index (χ3n) is 6.21. The Morgan fingerprint density at radius 2 is 1.74 bits per heavy atom. The summed E-state index contributed by atoms with van der Waals surface area (Å²) >= 11 is 0. The molecule has 0 bridgehead atoms. The predicted molar refractivity (Wildman–Crippen MR) is 120 cm³/mol. The summed E-state index contributed by atoms with van der Waals surface area (Å²) in [5, 5.41) is 27.9. The van der Waals surface area contributed by atoms with Gasteiger partial charge in [0.2, 0.25) is 0 Å². The van der Waals surface area contributed by atoms with E-state index in [1.807, 2.05) is 48.5 Å². The highest BCUT2D eigenvalue weighted by atomic mass is 16.5. The van der Waals surface area contributed by atoms with Gasteiger partial charge in [0.25, 0.3) is 5.91 Å². The Balaban J connectivity index is 1.23. The van der Waals surface area contributed by atoms with Crippen molar-refractivity contribution in [3.63, 3.8) is 0 Å². The lowest BCUT2D eigenvalue weighted by molar-refractivity contribution is -0.141. The van der Waals surface area contributed by atoms with Crippen molar-refractivity contribution in [2.24, 2.45) is 0 Å². The van der Waals surface area contributed by atoms with Gasteiger partial charge in [0, 0.05) is 24.9 Å². The lowest BCUT2D eigenvalue weighted by Gasteiger charge is -2.19. The highest BCUT2D eigenvalue weighted by Gasteiger charge is 2.39. The third kappa shape index (κ3) is 3.88. The molecule has 0 saturated carbocycles. The first-order chi connectivity index (χ1) is 16.4. The molecule has 1 aliphatic heterocycles. The largest absolute Gasteiger partial charge is 0.480 e. The SMILES string of the molecule is O=C(Nc1cc(C(=O)N2CC(O)C[C@H]2C(=O)O)[nH]n1)OCC1c2ccccc2-c2ccccc21. The van der Waals surface area contributed by atoms with E-state index in [-0.39, 0.29) is 37.0 Å². The molecule has 1 aromatic heterocycles. The molecule has 2 aliphatic rings. The maximum absolute atomic E-state index is 12.7. The highest BCUT2D eigenvalue weighted by molar-refractivity contribution is 5.96. The number of likely N-dealkylation sites (tertiary alicyclic amines) is 1. The summed E-state index contributed by atoms with van der Waals surface area (Å²) in [5.41, 5.74) is 4.41. The first kappa shape index (κ1) is 21.7. The van der Waals surface area contributed by atoms with Crippen LogP contribution >= 0.6 is 0 Å². The number of aromatic nitrogens is 2. The van der Waals surface area contributed by atoms with Gasteiger partial charge in [0.1, 0.15) is 18.3 Å². The number of amides is 2. The first-order valence-electron chi connectivity index (χ1n) is 10.8. The van der Waals surface area contributed by atoms with E-state index in [4.69, 9.17) is 4.74 Å². The summed E-state index contributed by atoms with van der Waals surface area (Å²) < 4.78 is 5.47. The molecule has 2 aromatic carbocycles. The van der Waals surface area contributed by atoms with E-state index in [1.165, 1.54) is 6.07 Å². The van der Waals surface area contributed by atoms with Crippen molar-refractivity contribution in [3.05, 3.63) is 71.4 Å². The van der Waals surface area contributed by atoms with Crippen LogP contribution in [0, 0.1) is 0 Å². The lowest BCUT2D eigenvalue weighted by atomic mass is 9.98. The number of aliphatic carboxylic acids is 1. The molecule has 10 nitrogen and oxygen atoms in total. The van der Waals surface area contributed by atoms with Crippen molar-refractivity contribution in [2.45, 2.75) is 24.5 Å². The molecule has 2 amide bonds. The number of carbonyl (C=O) groups excluding carboxylic acids is 2. The Kier molecular flexibility index (Phi) is 5.50. The normalized spacial score (nSPS) is 18.9. The highest BCUT2D eigenvalue weighted by Crippen LogP contribution is 2.44. The van der Waals surface area contributed by atoms with Gasteiger partial charge in [-0.3, -0.25) is 15.2 Å². The first-order valence-corrected chi connectivity index (χ1v) is 10.8. The Morgan fingerprint density at radius 1 is 1.09 bits per heavy atom. The van der Waals surface area contributed by atoms with Crippen LogP contribution in [0.5, 0.6) is 0 Å². The van der Waals surface area contributed by atoms with Crippen molar-refractivity contribution >= 4 is 23.8 Å². The van der Waals surface area contributed by atoms with Crippen LogP contribution in [0.4, 0.5) is 10.6 Å². The average molecular weight is 462 g/mol. The third-order valence-corrected chi connectivity index (χ3v) is 6.21. The minimum atomic E-state index is -1.19. The van der Waals surface area contributed by atoms with Gasteiger partial charge in [-0.15, -0.1) is 0 Å². The number of aromatic amines is 1. The number of carbonyl (C=O) groups is 3. The molecule has 4 N–H and O–H groups in total. The maximum atomic E-state index is 12.7. The Hall–Kier alpha value is -4.18. The van der Waals surface area contributed by atoms with Gasteiger partial charge in [-0.2, -0.15) is 5.10 Å². The summed E-state index contributed by atoms with van der Waals surface area (Å²) in [7, 11) is 0. The van der Waals surface area contributed by atoms with E-state index in [1.54, 1.807) is 0 Å². The van der Waals surface area contributed by atoms with Crippen molar-refractivity contribution in [2.75, 3.05) is 18.5 Å². The summed E-state index contributed by atoms with van der Waals surface area (Å²) in [4.78, 5) is 37.5. The fraction of sp³-hybridized carbons (Fsp3) is 0.250. The van der Waals surface area contributed by atoms with Gasteiger partial charge in [0.15, 0.2) is 5.82 Å². The standard InChI is InChI=1S/C24H22N4O6/c29-13-9-20(23(31)32)28(11-13)22(30)19-10-21(27-26-19)25-24(33)34-12-18-16-7-3-1-5-14(16)15-6-2-4-8-17(15)18/h1-8,10,13,18,20,29H,9,11-12H2,(H,31,32)(H2,25,26,27,33)/t13?,20-/m0/s1. The van der Waals surface area contributed by atoms with Gasteiger partial charge >= 0.3 is 12.1 Å². The predicted octanol–water partition coefficient (Wildman–Crippen LogP) is 2.43. The van der Waals surface area contributed by atoms with E-state index >= 15 is 0 Å². The molecule has 0 spiro atoms. The van der Waals surface area contributed by atoms with Crippen molar-refractivity contribution in [1.82, 2.24) is 15.1 Å². The van der Waals surface area contributed by atoms with Crippen LogP contribution in [0.3, 0.4) is 0 Å². The number of aliphatic hydroxyl groups is 1. The Bertz CT molecular complexity index is 1230. The molecule has 174 valence electrons. The van der Waals surface area contributed by atoms with E-state index < -0.39 is 30.1 Å². The van der Waals surface area contributed by atoms with Crippen LogP contribution in [-0.4, -0.2) is 68.6 Å². The van der Waals surface area contributed by atoms with E-state index in [0.717, 1.165) is 27.2 Å². The summed E-state index contributed by atoms with van der Waals surface area (Å²) in [6.45, 7) is 0.0337. The fourth-order valence-electron chi connectivity index (χ4n) is 4.66. The van der Waals surface area contributed by atoms with Crippen molar-refractivity contribution in [3.8, 4) is 11.1 Å². The molecule has 1 unspecified atom stereocenters. The van der Waals surface area contributed by atoms with Crippen LogP contribution in [0.15, 0.2) is 54.6 Å². The number of ether oxygens (including phenoxy) is 1. The second-order valence-electron chi connectivity index (χ2n) is 8.32. The summed E-state index contributed by atoms with van der Waals surface area (Å²) in [6, 6.07) is 16.2. The number of anilines is 1. The second kappa shape index (κ2) is 8.64. The van der Waals surface area contributed by atoms with Crippen LogP contribution in [0.25, 0.3) is 11.1 Å². The molecule has 10 heteroatoms. The molecule has 2 heterocycles. The number of hydrogen-bond acceptors (Lipinski definition) is 6. The number of carboxylic acid groups (broad SMARTS) is 1. The zero-order chi connectivity index (χ0) is 23.8. The molecule has 3 aromatic rings. The van der Waals surface area contributed by atoms with Crippen LogP contribution < -0.4 is 5.32 Å². The monoisotopic (exact) mass is 462 g/mol. The number of fused-ring (bicyclic) bond motifs is 3. The summed E-state index contributed by atoms with van der Waals surface area (Å²) in [6.07, 6.45) is -1.68. The molecule has 1 fully saturated rings. The summed E-state index contributed by atoms with van der Waals surface area (Å²) in [5.74, 6) is -1.85. The number of nitrogens with one attached hydrogen (secondary N) is 2. The number of carboxylic acids is 1. The molecule has 1 aliphatic carbocycles. The number of hydrogen-bond donors (Lipinski definition) is 4. The zero-order valence-corrected chi connectivity index (χ0v) is 18.0. The number of H-pyrrole nitrogens is 1. The Labute approximate surface area is 194 Å². The lowest BCUT2D eigenvalue weighted by Crippen LogP contribution is -2.40. The Morgan fingerprint density at radius 3 is 2.38 bits per heavy atom. The number of aliphatic hydroxyl groups excluding tert-OH is 1. The van der Waals surface area contributed by atoms with Gasteiger partial charge in [-0.25, -0.2) is 9.59 Å². The molecule has 2 atom stereocenters. The van der Waals surface area contributed by atoms with Crippen LogP contribution in [0.2, 0.25) is 0 Å². The molecule has 0 radical (unpaired) electrons. The minimum absolute atomic E-state index is 0.00528. The van der Waals surface area contributed by atoms with E-state index in [0.29, 0.717) is 0 Å². The quantitative estimate of drug-likeness (QED) is 0.456. The van der Waals surface area contributed by atoms with Crippen molar-refractivity contribution in [1.29, 1.82) is 0 Å². The number of benzene rings is 2. The molecule has 5 rings (SSSR count). The second-order valence-corrected chi connectivity index (χ2v) is 8.32. The zero-order valence-electron chi connectivity index (χ0n) is 18.0. The topological polar surface area (TPSA) is 145 Å². The van der Waals surface area contributed by atoms with Gasteiger partial charge in [-0.05, 0) is 22.3 Å². The van der Waals surface area contributed by atoms with Crippen LogP contribution in [-0.2, 0) is 9.53 Å².